The Balaban J connectivity index is 1.52. The van der Waals surface area contributed by atoms with Crippen LogP contribution in [0.5, 0.6) is 0 Å². The van der Waals surface area contributed by atoms with Gasteiger partial charge in [0.15, 0.2) is 0 Å². The van der Waals surface area contributed by atoms with Crippen LogP contribution in [-0.4, -0.2) is 61.0 Å². The van der Waals surface area contributed by atoms with E-state index in [-0.39, 0.29) is 5.92 Å². The zero-order chi connectivity index (χ0) is 16.2. The molecular weight excluding hydrogens is 286 g/mol. The number of hydrogen-bond acceptors (Lipinski definition) is 3. The molecule has 1 amide bonds. The van der Waals surface area contributed by atoms with Crippen LogP contribution in [0.4, 0.5) is 0 Å². The van der Waals surface area contributed by atoms with Gasteiger partial charge in [-0.3, -0.25) is 9.69 Å². The molecule has 2 fully saturated rings. The third-order valence-corrected chi connectivity index (χ3v) is 5.23. The van der Waals surface area contributed by atoms with E-state index in [9.17, 15) is 4.79 Å². The van der Waals surface area contributed by atoms with Gasteiger partial charge in [-0.25, -0.2) is 0 Å². The second-order valence-electron chi connectivity index (χ2n) is 7.10. The molecule has 2 unspecified atom stereocenters. The summed E-state index contributed by atoms with van der Waals surface area (Å²) in [4.78, 5) is 17.4. The predicted molar refractivity (Wildman–Crippen MR) is 93.5 cm³/mol. The maximum absolute atomic E-state index is 12.7. The Hall–Kier alpha value is -1.39. The molecule has 1 aromatic carbocycles. The van der Waals surface area contributed by atoms with Crippen molar-refractivity contribution in [3.8, 4) is 0 Å². The number of hydrogen-bond donors (Lipinski definition) is 1. The van der Waals surface area contributed by atoms with Gasteiger partial charge in [-0.15, -0.1) is 0 Å². The van der Waals surface area contributed by atoms with E-state index in [1.54, 1.807) is 0 Å². The molecule has 23 heavy (non-hydrogen) atoms. The molecule has 0 aliphatic carbocycles. The van der Waals surface area contributed by atoms with E-state index in [2.05, 4.69) is 53.2 Å². The highest BCUT2D eigenvalue weighted by atomic mass is 16.2. The van der Waals surface area contributed by atoms with E-state index in [1.807, 2.05) is 0 Å². The Bertz CT molecular complexity index is 522. The van der Waals surface area contributed by atoms with Crippen molar-refractivity contribution in [2.24, 2.45) is 5.92 Å². The highest BCUT2D eigenvalue weighted by Gasteiger charge is 2.32. The van der Waals surface area contributed by atoms with Gasteiger partial charge in [-0.1, -0.05) is 36.8 Å². The second-order valence-corrected chi connectivity index (χ2v) is 7.10. The highest BCUT2D eigenvalue weighted by Crippen LogP contribution is 2.20. The highest BCUT2D eigenvalue weighted by molar-refractivity contribution is 5.79. The fourth-order valence-corrected chi connectivity index (χ4v) is 3.76. The van der Waals surface area contributed by atoms with Gasteiger partial charge in [0.25, 0.3) is 0 Å². The number of amides is 1. The first-order chi connectivity index (χ1) is 11.1. The molecule has 0 spiro atoms. The Morgan fingerprint density at radius 2 is 1.91 bits per heavy atom. The zero-order valence-electron chi connectivity index (χ0n) is 14.4. The maximum atomic E-state index is 12.7. The van der Waals surface area contributed by atoms with Crippen LogP contribution >= 0.6 is 0 Å². The second kappa shape index (κ2) is 7.45. The summed E-state index contributed by atoms with van der Waals surface area (Å²) < 4.78 is 0. The van der Waals surface area contributed by atoms with Gasteiger partial charge in [-0.2, -0.15) is 0 Å². The Kier molecular flexibility index (Phi) is 5.34. The molecule has 2 aliphatic heterocycles. The topological polar surface area (TPSA) is 35.6 Å². The third kappa shape index (κ3) is 4.12. The quantitative estimate of drug-likeness (QED) is 0.918. The number of benzene rings is 1. The normalized spacial score (nSPS) is 23.9. The van der Waals surface area contributed by atoms with Gasteiger partial charge < -0.3 is 10.2 Å². The monoisotopic (exact) mass is 315 g/mol. The van der Waals surface area contributed by atoms with E-state index in [0.717, 1.165) is 52.1 Å². The molecule has 0 saturated carbocycles. The van der Waals surface area contributed by atoms with Crippen LogP contribution in [-0.2, 0) is 11.2 Å². The lowest BCUT2D eigenvalue weighted by molar-refractivity contribution is -0.134. The number of nitrogens with zero attached hydrogens (tertiary/aromatic N) is 2. The van der Waals surface area contributed by atoms with Crippen molar-refractivity contribution in [2.45, 2.75) is 32.7 Å². The average Bonchev–Trinajstić information content (AvgIpc) is 3.07. The number of piperazine rings is 1. The van der Waals surface area contributed by atoms with E-state index in [4.69, 9.17) is 0 Å². The summed E-state index contributed by atoms with van der Waals surface area (Å²) in [5.41, 5.74) is 2.53. The van der Waals surface area contributed by atoms with Crippen LogP contribution < -0.4 is 5.32 Å². The van der Waals surface area contributed by atoms with E-state index < -0.39 is 0 Å². The first kappa shape index (κ1) is 16.5. The van der Waals surface area contributed by atoms with E-state index >= 15 is 0 Å². The summed E-state index contributed by atoms with van der Waals surface area (Å²) in [5.74, 6) is 0.391. The summed E-state index contributed by atoms with van der Waals surface area (Å²) in [7, 11) is 0. The molecule has 2 heterocycles. The van der Waals surface area contributed by atoms with Crippen molar-refractivity contribution < 1.29 is 4.79 Å². The predicted octanol–water partition coefficient (Wildman–Crippen LogP) is 1.68. The van der Waals surface area contributed by atoms with Crippen LogP contribution in [0.1, 0.15) is 24.5 Å². The smallest absolute Gasteiger partial charge is 0.225 e. The molecule has 0 bridgehead atoms. The molecule has 126 valence electrons. The molecule has 2 atom stereocenters. The minimum absolute atomic E-state index is 0.0690. The lowest BCUT2D eigenvalue weighted by Crippen LogP contribution is -2.49. The number of nitrogens with one attached hydrogen (secondary N) is 1. The van der Waals surface area contributed by atoms with Gasteiger partial charge in [0.1, 0.15) is 0 Å². The fourth-order valence-electron chi connectivity index (χ4n) is 3.76. The number of rotatable bonds is 4. The first-order valence-electron chi connectivity index (χ1n) is 8.92. The Labute approximate surface area is 139 Å². The van der Waals surface area contributed by atoms with Crippen LogP contribution in [0, 0.1) is 12.8 Å². The molecule has 1 aromatic rings. The number of carbonyl (C=O) groups is 1. The van der Waals surface area contributed by atoms with Crippen molar-refractivity contribution in [1.29, 1.82) is 0 Å². The molecule has 2 saturated heterocycles. The first-order valence-corrected chi connectivity index (χ1v) is 8.92. The van der Waals surface area contributed by atoms with Crippen molar-refractivity contribution in [1.82, 2.24) is 15.1 Å². The van der Waals surface area contributed by atoms with Crippen LogP contribution in [0.15, 0.2) is 24.3 Å². The summed E-state index contributed by atoms with van der Waals surface area (Å²) in [5, 5.41) is 3.40. The third-order valence-electron chi connectivity index (χ3n) is 5.23. The van der Waals surface area contributed by atoms with Gasteiger partial charge in [0.05, 0.1) is 0 Å². The number of aryl methyl sites for hydroxylation is 1. The zero-order valence-corrected chi connectivity index (χ0v) is 14.4. The molecule has 2 aliphatic rings. The number of carbonyl (C=O) groups excluding carboxylic acids is 1. The lowest BCUT2D eigenvalue weighted by atomic mass is 9.99. The number of likely N-dealkylation sites (tertiary alicyclic amines) is 1. The van der Waals surface area contributed by atoms with Crippen LogP contribution in [0.3, 0.4) is 0 Å². The largest absolute Gasteiger partial charge is 0.341 e. The van der Waals surface area contributed by atoms with E-state index in [0.29, 0.717) is 11.9 Å². The molecule has 0 aromatic heterocycles. The lowest BCUT2D eigenvalue weighted by Gasteiger charge is -2.32. The molecular formula is C19H29N3O. The summed E-state index contributed by atoms with van der Waals surface area (Å²) in [6.07, 6.45) is 1.97. The molecule has 3 rings (SSSR count). The molecule has 4 nitrogen and oxygen atoms in total. The average molecular weight is 315 g/mol. The van der Waals surface area contributed by atoms with Crippen molar-refractivity contribution in [3.63, 3.8) is 0 Å². The molecule has 4 heteroatoms. The van der Waals surface area contributed by atoms with Crippen molar-refractivity contribution in [3.05, 3.63) is 35.4 Å². The molecule has 1 N–H and O–H groups in total. The van der Waals surface area contributed by atoms with Gasteiger partial charge in [0.2, 0.25) is 5.91 Å². The maximum Gasteiger partial charge on any atom is 0.225 e. The van der Waals surface area contributed by atoms with Gasteiger partial charge in [0, 0.05) is 51.2 Å². The fraction of sp³-hybridized carbons (Fsp3) is 0.632. The SMILES string of the molecule is Cc1ccc(CC(C)C(=O)N2CCC(N3CCNCC3)C2)cc1. The standard InChI is InChI=1S/C19H29N3O/c1-15-3-5-17(6-4-15)13-16(2)19(23)22-10-7-18(14-22)21-11-8-20-9-12-21/h3-6,16,18,20H,7-14H2,1-2H3. The van der Waals surface area contributed by atoms with Crippen molar-refractivity contribution >= 4 is 5.91 Å². The summed E-state index contributed by atoms with van der Waals surface area (Å²) >= 11 is 0. The molecule has 0 radical (unpaired) electrons. The van der Waals surface area contributed by atoms with E-state index in [1.165, 1.54) is 11.1 Å². The minimum Gasteiger partial charge on any atom is -0.341 e. The van der Waals surface area contributed by atoms with Crippen LogP contribution in [0.25, 0.3) is 0 Å². The summed E-state index contributed by atoms with van der Waals surface area (Å²) in [6, 6.07) is 9.11. The van der Waals surface area contributed by atoms with Gasteiger partial charge in [-0.05, 0) is 25.3 Å². The minimum atomic E-state index is 0.0690. The summed E-state index contributed by atoms with van der Waals surface area (Å²) in [6.45, 7) is 10.4. The van der Waals surface area contributed by atoms with Crippen LogP contribution in [0.2, 0.25) is 0 Å². The Morgan fingerprint density at radius 3 is 2.61 bits per heavy atom. The Morgan fingerprint density at radius 1 is 1.22 bits per heavy atom. The van der Waals surface area contributed by atoms with Gasteiger partial charge >= 0.3 is 0 Å². The van der Waals surface area contributed by atoms with Crippen molar-refractivity contribution in [2.75, 3.05) is 39.3 Å².